The Morgan fingerprint density at radius 3 is 2.42 bits per heavy atom. The maximum absolute atomic E-state index is 13.3. The van der Waals surface area contributed by atoms with Crippen molar-refractivity contribution in [3.05, 3.63) is 60.2 Å². The van der Waals surface area contributed by atoms with Crippen molar-refractivity contribution < 1.29 is 19.5 Å². The highest BCUT2D eigenvalue weighted by Crippen LogP contribution is 2.27. The molecule has 1 atom stereocenters. The minimum atomic E-state index is -0.986. The summed E-state index contributed by atoms with van der Waals surface area (Å²) >= 11 is 0. The Hall–Kier alpha value is -3.15. The lowest BCUT2D eigenvalue weighted by atomic mass is 9.91. The zero-order valence-corrected chi connectivity index (χ0v) is 18.0. The molecule has 0 saturated carbocycles. The molecule has 164 valence electrons. The molecule has 1 N–H and O–H groups in total. The van der Waals surface area contributed by atoms with Crippen LogP contribution in [-0.2, 0) is 20.8 Å². The lowest BCUT2D eigenvalue weighted by molar-refractivity contribution is -0.141. The molecule has 1 aliphatic heterocycles. The summed E-state index contributed by atoms with van der Waals surface area (Å²) in [7, 11) is 0. The van der Waals surface area contributed by atoms with Gasteiger partial charge in [-0.2, -0.15) is 0 Å². The average molecular weight is 423 g/mol. The summed E-state index contributed by atoms with van der Waals surface area (Å²) in [6, 6.07) is 18.1. The van der Waals surface area contributed by atoms with Crippen molar-refractivity contribution in [2.75, 3.05) is 26.2 Å². The van der Waals surface area contributed by atoms with Crippen LogP contribution in [0.2, 0.25) is 0 Å². The SMILES string of the molecule is CCCN1CCN(C(=O)CCC(=O)O)C[C@H](Cc2ccccc2-c2ccccc2)C1=O. The highest BCUT2D eigenvalue weighted by Gasteiger charge is 2.32. The summed E-state index contributed by atoms with van der Waals surface area (Å²) in [5, 5.41) is 8.92. The van der Waals surface area contributed by atoms with E-state index in [2.05, 4.69) is 18.2 Å². The predicted molar refractivity (Wildman–Crippen MR) is 119 cm³/mol. The van der Waals surface area contributed by atoms with Gasteiger partial charge in [-0.25, -0.2) is 0 Å². The summed E-state index contributed by atoms with van der Waals surface area (Å²) in [5.74, 6) is -1.47. The lowest BCUT2D eigenvalue weighted by Gasteiger charge is -2.24. The van der Waals surface area contributed by atoms with Gasteiger partial charge in [0.25, 0.3) is 0 Å². The Labute approximate surface area is 183 Å². The quantitative estimate of drug-likeness (QED) is 0.707. The van der Waals surface area contributed by atoms with E-state index < -0.39 is 5.97 Å². The highest BCUT2D eigenvalue weighted by atomic mass is 16.4. The summed E-state index contributed by atoms with van der Waals surface area (Å²) < 4.78 is 0. The van der Waals surface area contributed by atoms with E-state index in [0.717, 1.165) is 23.1 Å². The van der Waals surface area contributed by atoms with Crippen molar-refractivity contribution >= 4 is 17.8 Å². The maximum atomic E-state index is 13.3. The molecular formula is C25H30N2O4. The Bertz CT molecular complexity index is 913. The molecule has 2 aromatic carbocycles. The third-order valence-electron chi connectivity index (χ3n) is 5.71. The number of hydrogen-bond donors (Lipinski definition) is 1. The minimum absolute atomic E-state index is 0.0371. The van der Waals surface area contributed by atoms with Crippen molar-refractivity contribution in [1.29, 1.82) is 0 Å². The highest BCUT2D eigenvalue weighted by molar-refractivity contribution is 5.84. The number of carboxylic acid groups (broad SMARTS) is 1. The molecule has 1 fully saturated rings. The lowest BCUT2D eigenvalue weighted by Crippen LogP contribution is -2.38. The van der Waals surface area contributed by atoms with Crippen LogP contribution in [0.25, 0.3) is 11.1 Å². The number of aliphatic carboxylic acids is 1. The molecule has 3 rings (SSSR count). The van der Waals surface area contributed by atoms with Gasteiger partial charge in [-0.1, -0.05) is 61.5 Å². The Morgan fingerprint density at radius 1 is 1.00 bits per heavy atom. The number of carbonyl (C=O) groups is 3. The van der Waals surface area contributed by atoms with Crippen LogP contribution >= 0.6 is 0 Å². The molecule has 0 aliphatic carbocycles. The van der Waals surface area contributed by atoms with Gasteiger partial charge in [0.15, 0.2) is 0 Å². The summed E-state index contributed by atoms with van der Waals surface area (Å²) in [5.41, 5.74) is 3.26. The van der Waals surface area contributed by atoms with Crippen molar-refractivity contribution in [3.63, 3.8) is 0 Å². The molecule has 31 heavy (non-hydrogen) atoms. The van der Waals surface area contributed by atoms with Crippen molar-refractivity contribution in [3.8, 4) is 11.1 Å². The third kappa shape index (κ3) is 5.94. The van der Waals surface area contributed by atoms with E-state index in [1.807, 2.05) is 48.2 Å². The van der Waals surface area contributed by atoms with E-state index in [1.54, 1.807) is 4.90 Å². The van der Waals surface area contributed by atoms with Crippen LogP contribution in [0.1, 0.15) is 31.7 Å². The van der Waals surface area contributed by atoms with Gasteiger partial charge in [0.1, 0.15) is 0 Å². The first kappa shape index (κ1) is 22.5. The van der Waals surface area contributed by atoms with Crippen LogP contribution in [0.15, 0.2) is 54.6 Å². The zero-order chi connectivity index (χ0) is 22.2. The van der Waals surface area contributed by atoms with Gasteiger partial charge in [-0.15, -0.1) is 0 Å². The molecule has 1 saturated heterocycles. The van der Waals surface area contributed by atoms with Crippen molar-refractivity contribution in [2.24, 2.45) is 5.92 Å². The first-order valence-electron chi connectivity index (χ1n) is 10.9. The number of carboxylic acids is 1. The number of rotatable bonds is 8. The van der Waals surface area contributed by atoms with E-state index in [4.69, 9.17) is 5.11 Å². The molecule has 2 amide bonds. The summed E-state index contributed by atoms with van der Waals surface area (Å²) in [4.78, 5) is 40.4. The molecule has 0 radical (unpaired) electrons. The molecule has 0 bridgehead atoms. The molecule has 0 aromatic heterocycles. The monoisotopic (exact) mass is 422 g/mol. The zero-order valence-electron chi connectivity index (χ0n) is 18.0. The van der Waals surface area contributed by atoms with Crippen LogP contribution in [0, 0.1) is 5.92 Å². The predicted octanol–water partition coefficient (Wildman–Crippen LogP) is 3.46. The largest absolute Gasteiger partial charge is 0.481 e. The van der Waals surface area contributed by atoms with E-state index in [-0.39, 0.29) is 30.6 Å². The second-order valence-electron chi connectivity index (χ2n) is 7.98. The maximum Gasteiger partial charge on any atom is 0.303 e. The minimum Gasteiger partial charge on any atom is -0.481 e. The van der Waals surface area contributed by atoms with Gasteiger partial charge in [0, 0.05) is 32.6 Å². The summed E-state index contributed by atoms with van der Waals surface area (Å²) in [6.45, 7) is 3.95. The first-order valence-corrected chi connectivity index (χ1v) is 10.9. The smallest absolute Gasteiger partial charge is 0.303 e. The van der Waals surface area contributed by atoms with Crippen LogP contribution in [0.3, 0.4) is 0 Å². The topological polar surface area (TPSA) is 77.9 Å². The number of carbonyl (C=O) groups excluding carboxylic acids is 2. The second kappa shape index (κ2) is 10.8. The third-order valence-corrected chi connectivity index (χ3v) is 5.71. The number of hydrogen-bond acceptors (Lipinski definition) is 3. The molecule has 6 heteroatoms. The fraction of sp³-hybridized carbons (Fsp3) is 0.400. The van der Waals surface area contributed by atoms with Gasteiger partial charge in [0.2, 0.25) is 11.8 Å². The van der Waals surface area contributed by atoms with E-state index in [1.165, 1.54) is 0 Å². The van der Waals surface area contributed by atoms with Gasteiger partial charge in [-0.05, 0) is 29.5 Å². The van der Waals surface area contributed by atoms with Crippen LogP contribution in [0.5, 0.6) is 0 Å². The number of benzene rings is 2. The molecule has 2 aromatic rings. The second-order valence-corrected chi connectivity index (χ2v) is 7.98. The molecule has 0 unspecified atom stereocenters. The van der Waals surface area contributed by atoms with E-state index >= 15 is 0 Å². The van der Waals surface area contributed by atoms with Gasteiger partial charge < -0.3 is 14.9 Å². The standard InChI is InChI=1S/C25H30N2O4/c1-2-14-26-15-16-27(23(28)12-13-24(29)30)18-21(25(26)31)17-20-10-6-7-11-22(20)19-8-4-3-5-9-19/h3-11,21H,2,12-18H2,1H3,(H,29,30)/t21-/m0/s1. The average Bonchev–Trinajstić information content (AvgIpc) is 2.93. The first-order chi connectivity index (χ1) is 15.0. The van der Waals surface area contributed by atoms with Crippen molar-refractivity contribution in [2.45, 2.75) is 32.6 Å². The van der Waals surface area contributed by atoms with Crippen molar-refractivity contribution in [1.82, 2.24) is 9.80 Å². The normalized spacial score (nSPS) is 16.8. The van der Waals surface area contributed by atoms with Crippen LogP contribution < -0.4 is 0 Å². The van der Waals surface area contributed by atoms with Gasteiger partial charge >= 0.3 is 5.97 Å². The van der Waals surface area contributed by atoms with Crippen LogP contribution in [-0.4, -0.2) is 58.9 Å². The fourth-order valence-electron chi connectivity index (χ4n) is 4.15. The molecule has 0 spiro atoms. The van der Waals surface area contributed by atoms with Gasteiger partial charge in [0.05, 0.1) is 12.3 Å². The molecule has 1 heterocycles. The van der Waals surface area contributed by atoms with E-state index in [9.17, 15) is 14.4 Å². The molecule has 1 aliphatic rings. The molecule has 6 nitrogen and oxygen atoms in total. The fourth-order valence-corrected chi connectivity index (χ4v) is 4.15. The Balaban J connectivity index is 1.85. The number of nitrogens with zero attached hydrogens (tertiary/aromatic N) is 2. The Morgan fingerprint density at radius 2 is 1.71 bits per heavy atom. The molecular weight excluding hydrogens is 392 g/mol. The van der Waals surface area contributed by atoms with Crippen LogP contribution in [0.4, 0.5) is 0 Å². The Kier molecular flexibility index (Phi) is 7.82. The van der Waals surface area contributed by atoms with E-state index in [0.29, 0.717) is 32.6 Å². The number of amides is 2. The summed E-state index contributed by atoms with van der Waals surface area (Å²) in [6.07, 6.45) is 1.16. The van der Waals surface area contributed by atoms with Gasteiger partial charge in [-0.3, -0.25) is 14.4 Å².